The first kappa shape index (κ1) is 23.2. The van der Waals surface area contributed by atoms with E-state index in [1.165, 1.54) is 18.1 Å². The van der Waals surface area contributed by atoms with Crippen LogP contribution in [0.2, 0.25) is 0 Å². The van der Waals surface area contributed by atoms with Crippen LogP contribution in [0.3, 0.4) is 0 Å². The fourth-order valence-electron chi connectivity index (χ4n) is 3.90. The SMILES string of the molecule is CCCCCN1C(=O)C(=O)/C(=C(\O)c2ccc(OCC)cc2)C1c1ccc(OC)c(O)c1. The number of phenols is 1. The number of carbonyl (C=O) groups is 2. The third kappa shape index (κ3) is 4.56. The first-order chi connectivity index (χ1) is 15.4. The van der Waals surface area contributed by atoms with Gasteiger partial charge in [-0.15, -0.1) is 0 Å². The van der Waals surface area contributed by atoms with Gasteiger partial charge in [0.15, 0.2) is 11.5 Å². The van der Waals surface area contributed by atoms with Gasteiger partial charge in [0.1, 0.15) is 11.5 Å². The number of ketones is 1. The number of aromatic hydroxyl groups is 1. The normalized spacial score (nSPS) is 17.6. The fourth-order valence-corrected chi connectivity index (χ4v) is 3.90. The van der Waals surface area contributed by atoms with Gasteiger partial charge in [-0.2, -0.15) is 0 Å². The second kappa shape index (κ2) is 10.2. The molecule has 2 aromatic rings. The molecule has 1 fully saturated rings. The van der Waals surface area contributed by atoms with Gasteiger partial charge in [0.25, 0.3) is 11.7 Å². The summed E-state index contributed by atoms with van der Waals surface area (Å²) in [5.74, 6) is -0.846. The van der Waals surface area contributed by atoms with Crippen LogP contribution in [0, 0.1) is 0 Å². The van der Waals surface area contributed by atoms with Gasteiger partial charge in [0.05, 0.1) is 25.3 Å². The number of rotatable bonds is 9. The van der Waals surface area contributed by atoms with Gasteiger partial charge in [-0.05, 0) is 55.3 Å². The quantitative estimate of drug-likeness (QED) is 0.260. The van der Waals surface area contributed by atoms with Gasteiger partial charge in [0, 0.05) is 12.1 Å². The van der Waals surface area contributed by atoms with Crippen molar-refractivity contribution >= 4 is 17.4 Å². The number of amides is 1. The van der Waals surface area contributed by atoms with Crippen LogP contribution in [-0.4, -0.2) is 47.1 Å². The topological polar surface area (TPSA) is 96.3 Å². The molecule has 1 amide bonds. The van der Waals surface area contributed by atoms with Crippen molar-refractivity contribution in [1.29, 1.82) is 0 Å². The number of aliphatic hydroxyl groups is 1. The minimum Gasteiger partial charge on any atom is -0.507 e. The van der Waals surface area contributed by atoms with Crippen molar-refractivity contribution in [3.05, 3.63) is 59.2 Å². The zero-order chi connectivity index (χ0) is 23.3. The van der Waals surface area contributed by atoms with E-state index in [-0.39, 0.29) is 22.8 Å². The van der Waals surface area contributed by atoms with Crippen LogP contribution in [0.4, 0.5) is 0 Å². The number of likely N-dealkylation sites (tertiary alicyclic amines) is 1. The molecule has 0 aliphatic carbocycles. The minimum absolute atomic E-state index is 0.000209. The largest absolute Gasteiger partial charge is 0.507 e. The summed E-state index contributed by atoms with van der Waals surface area (Å²) in [5.41, 5.74) is 0.925. The number of Topliss-reactive ketones (excluding diaryl/α,β-unsaturated/α-hetero) is 1. The number of unbranched alkanes of at least 4 members (excludes halogenated alkanes) is 2. The maximum Gasteiger partial charge on any atom is 0.295 e. The molecule has 1 atom stereocenters. The first-order valence-electron chi connectivity index (χ1n) is 10.8. The average Bonchev–Trinajstić information content (AvgIpc) is 3.04. The molecule has 1 aliphatic rings. The van der Waals surface area contributed by atoms with Crippen LogP contribution in [0.5, 0.6) is 17.2 Å². The number of hydrogen-bond donors (Lipinski definition) is 2. The van der Waals surface area contributed by atoms with E-state index in [9.17, 15) is 19.8 Å². The monoisotopic (exact) mass is 439 g/mol. The standard InChI is InChI=1S/C25H29NO6/c1-4-6-7-14-26-22(17-10-13-20(31-3)19(27)15-17)21(24(29)25(26)30)23(28)16-8-11-18(12-9-16)32-5-2/h8-13,15,22,27-28H,4-7,14H2,1-3H3/b23-21-. The highest BCUT2D eigenvalue weighted by Crippen LogP contribution is 2.42. The third-order valence-electron chi connectivity index (χ3n) is 5.50. The molecule has 0 spiro atoms. The average molecular weight is 440 g/mol. The molecule has 32 heavy (non-hydrogen) atoms. The predicted octanol–water partition coefficient (Wildman–Crippen LogP) is 4.41. The van der Waals surface area contributed by atoms with Gasteiger partial charge in [0.2, 0.25) is 0 Å². The number of ether oxygens (including phenoxy) is 2. The van der Waals surface area contributed by atoms with Gasteiger partial charge >= 0.3 is 0 Å². The molecule has 0 radical (unpaired) electrons. The maximum atomic E-state index is 13.0. The van der Waals surface area contributed by atoms with Crippen LogP contribution in [0.25, 0.3) is 5.76 Å². The molecule has 7 nitrogen and oxygen atoms in total. The van der Waals surface area contributed by atoms with E-state index in [1.54, 1.807) is 36.4 Å². The summed E-state index contributed by atoms with van der Waals surface area (Å²) in [4.78, 5) is 27.4. The highest BCUT2D eigenvalue weighted by atomic mass is 16.5. The molecule has 1 heterocycles. The van der Waals surface area contributed by atoms with Gasteiger partial charge in [-0.3, -0.25) is 9.59 Å². The highest BCUT2D eigenvalue weighted by molar-refractivity contribution is 6.46. The molecular weight excluding hydrogens is 410 g/mol. The van der Waals surface area contributed by atoms with Crippen LogP contribution >= 0.6 is 0 Å². The molecule has 170 valence electrons. The number of nitrogens with zero attached hydrogens (tertiary/aromatic N) is 1. The number of carbonyl (C=O) groups excluding carboxylic acids is 2. The molecule has 7 heteroatoms. The molecule has 0 bridgehead atoms. The predicted molar refractivity (Wildman–Crippen MR) is 121 cm³/mol. The van der Waals surface area contributed by atoms with Gasteiger partial charge in [-0.25, -0.2) is 0 Å². The summed E-state index contributed by atoms with van der Waals surface area (Å²) in [6.07, 6.45) is 2.60. The highest BCUT2D eigenvalue weighted by Gasteiger charge is 2.45. The lowest BCUT2D eigenvalue weighted by Crippen LogP contribution is -2.30. The van der Waals surface area contributed by atoms with E-state index >= 15 is 0 Å². The minimum atomic E-state index is -0.810. The Labute approximate surface area is 187 Å². The maximum absolute atomic E-state index is 13.0. The number of benzene rings is 2. The third-order valence-corrected chi connectivity index (χ3v) is 5.50. The van der Waals surface area contributed by atoms with Crippen LogP contribution in [0.15, 0.2) is 48.0 Å². The van der Waals surface area contributed by atoms with Crippen molar-refractivity contribution in [2.75, 3.05) is 20.3 Å². The van der Waals surface area contributed by atoms with Crippen LogP contribution in [-0.2, 0) is 9.59 Å². The van der Waals surface area contributed by atoms with E-state index < -0.39 is 17.7 Å². The Bertz CT molecular complexity index is 1010. The lowest BCUT2D eigenvalue weighted by atomic mass is 9.95. The Morgan fingerprint density at radius 2 is 1.78 bits per heavy atom. The first-order valence-corrected chi connectivity index (χ1v) is 10.8. The summed E-state index contributed by atoms with van der Waals surface area (Å²) in [7, 11) is 1.44. The molecule has 0 saturated carbocycles. The Hall–Kier alpha value is -3.48. The van der Waals surface area contributed by atoms with Crippen molar-refractivity contribution in [1.82, 2.24) is 4.90 Å². The lowest BCUT2D eigenvalue weighted by molar-refractivity contribution is -0.139. The van der Waals surface area contributed by atoms with Crippen molar-refractivity contribution in [2.24, 2.45) is 0 Å². The molecule has 1 saturated heterocycles. The molecule has 2 aromatic carbocycles. The van der Waals surface area contributed by atoms with E-state index in [1.807, 2.05) is 6.92 Å². The van der Waals surface area contributed by atoms with E-state index in [0.717, 1.165) is 19.3 Å². The summed E-state index contributed by atoms with van der Waals surface area (Å²) < 4.78 is 10.6. The van der Waals surface area contributed by atoms with E-state index in [0.29, 0.717) is 30.0 Å². The summed E-state index contributed by atoms with van der Waals surface area (Å²) in [5, 5.41) is 21.4. The van der Waals surface area contributed by atoms with E-state index in [4.69, 9.17) is 9.47 Å². The van der Waals surface area contributed by atoms with Gasteiger partial charge < -0.3 is 24.6 Å². The van der Waals surface area contributed by atoms with Crippen LogP contribution in [0.1, 0.15) is 50.3 Å². The second-order valence-electron chi connectivity index (χ2n) is 7.59. The number of hydrogen-bond acceptors (Lipinski definition) is 6. The van der Waals surface area contributed by atoms with Crippen molar-refractivity contribution in [2.45, 2.75) is 39.2 Å². The van der Waals surface area contributed by atoms with Crippen molar-refractivity contribution < 1.29 is 29.3 Å². The van der Waals surface area contributed by atoms with Crippen LogP contribution < -0.4 is 9.47 Å². The fraction of sp³-hybridized carbons (Fsp3) is 0.360. The molecule has 0 aromatic heterocycles. The second-order valence-corrected chi connectivity index (χ2v) is 7.59. The zero-order valence-corrected chi connectivity index (χ0v) is 18.6. The Morgan fingerprint density at radius 3 is 2.38 bits per heavy atom. The molecular formula is C25H29NO6. The number of phenolic OH excluding ortho intramolecular Hbond substituents is 1. The van der Waals surface area contributed by atoms with Crippen molar-refractivity contribution in [3.63, 3.8) is 0 Å². The lowest BCUT2D eigenvalue weighted by Gasteiger charge is -2.25. The Balaban J connectivity index is 2.10. The number of aliphatic hydroxyl groups excluding tert-OH is 1. The summed E-state index contributed by atoms with van der Waals surface area (Å²) in [6.45, 7) is 4.81. The van der Waals surface area contributed by atoms with E-state index in [2.05, 4.69) is 6.92 Å². The zero-order valence-electron chi connectivity index (χ0n) is 18.6. The van der Waals surface area contributed by atoms with Gasteiger partial charge in [-0.1, -0.05) is 25.8 Å². The summed E-state index contributed by atoms with van der Waals surface area (Å²) >= 11 is 0. The molecule has 1 unspecified atom stereocenters. The Morgan fingerprint density at radius 1 is 1.06 bits per heavy atom. The molecule has 3 rings (SSSR count). The smallest absolute Gasteiger partial charge is 0.295 e. The molecule has 1 aliphatic heterocycles. The summed E-state index contributed by atoms with van der Waals surface area (Å²) in [6, 6.07) is 10.6. The molecule has 2 N–H and O–H groups in total. The van der Waals surface area contributed by atoms with Crippen molar-refractivity contribution in [3.8, 4) is 17.2 Å². The Kier molecular flexibility index (Phi) is 7.41. The number of methoxy groups -OCH3 is 1.